The van der Waals surface area contributed by atoms with Gasteiger partial charge in [0.15, 0.2) is 0 Å². The first kappa shape index (κ1) is 19.8. The van der Waals surface area contributed by atoms with Gasteiger partial charge in [-0.2, -0.15) is 5.10 Å². The summed E-state index contributed by atoms with van der Waals surface area (Å²) >= 11 is 0. The lowest BCUT2D eigenvalue weighted by molar-refractivity contribution is -0.117. The molecule has 1 N–H and O–H groups in total. The maximum atomic E-state index is 12.5. The van der Waals surface area contributed by atoms with Crippen LogP contribution in [0.1, 0.15) is 5.56 Å². The number of aromatic nitrogens is 2. The van der Waals surface area contributed by atoms with Gasteiger partial charge in [-0.15, -0.1) is 0 Å². The Kier molecular flexibility index (Phi) is 5.90. The Labute approximate surface area is 174 Å². The second-order valence-electron chi connectivity index (χ2n) is 7.27. The Morgan fingerprint density at radius 1 is 1.00 bits per heavy atom. The molecule has 0 radical (unpaired) electrons. The topological polar surface area (TPSA) is 76.5 Å². The van der Waals surface area contributed by atoms with Crippen LogP contribution in [-0.4, -0.2) is 42.0 Å². The molecule has 0 unspecified atom stereocenters. The van der Waals surface area contributed by atoms with Gasteiger partial charge in [0, 0.05) is 36.1 Å². The van der Waals surface area contributed by atoms with Crippen molar-refractivity contribution >= 4 is 17.3 Å². The number of benzene rings is 2. The summed E-state index contributed by atoms with van der Waals surface area (Å²) in [5, 5.41) is 7.19. The highest BCUT2D eigenvalue weighted by Crippen LogP contribution is 2.19. The third kappa shape index (κ3) is 4.75. The van der Waals surface area contributed by atoms with Gasteiger partial charge in [-0.25, -0.2) is 4.68 Å². The standard InChI is InChI=1S/C23H24N4O3/c1-17-2-4-18(5-3-17)21-10-11-23(29)27(25-21)16-22(28)24-19-6-8-20(9-7-19)26-12-14-30-15-13-26/h2-11H,12-16H2,1H3,(H,24,28). The quantitative estimate of drug-likeness (QED) is 0.708. The fourth-order valence-corrected chi connectivity index (χ4v) is 3.35. The van der Waals surface area contributed by atoms with Crippen molar-refractivity contribution in [2.75, 3.05) is 36.5 Å². The molecule has 0 spiro atoms. The summed E-state index contributed by atoms with van der Waals surface area (Å²) in [6.45, 7) is 5.03. The first-order valence-electron chi connectivity index (χ1n) is 9.96. The lowest BCUT2D eigenvalue weighted by Gasteiger charge is -2.28. The minimum atomic E-state index is -0.316. The molecule has 1 fully saturated rings. The SMILES string of the molecule is Cc1ccc(-c2ccc(=O)n(CC(=O)Nc3ccc(N4CCOCC4)cc3)n2)cc1. The maximum absolute atomic E-state index is 12.5. The van der Waals surface area contributed by atoms with E-state index in [0.717, 1.165) is 43.1 Å². The number of hydrogen-bond acceptors (Lipinski definition) is 5. The van der Waals surface area contributed by atoms with E-state index in [0.29, 0.717) is 11.4 Å². The zero-order valence-electron chi connectivity index (χ0n) is 16.9. The number of carbonyl (C=O) groups excluding carboxylic acids is 1. The highest BCUT2D eigenvalue weighted by molar-refractivity contribution is 5.90. The molecule has 30 heavy (non-hydrogen) atoms. The highest BCUT2D eigenvalue weighted by Gasteiger charge is 2.12. The molecular weight excluding hydrogens is 380 g/mol. The Morgan fingerprint density at radius 2 is 1.70 bits per heavy atom. The van der Waals surface area contributed by atoms with Gasteiger partial charge in [-0.1, -0.05) is 29.8 Å². The van der Waals surface area contributed by atoms with Crippen molar-refractivity contribution in [2.24, 2.45) is 0 Å². The van der Waals surface area contributed by atoms with E-state index in [9.17, 15) is 9.59 Å². The molecule has 0 bridgehead atoms. The minimum Gasteiger partial charge on any atom is -0.378 e. The number of nitrogens with one attached hydrogen (secondary N) is 1. The predicted molar refractivity (Wildman–Crippen MR) is 117 cm³/mol. The van der Waals surface area contributed by atoms with Crippen molar-refractivity contribution in [3.63, 3.8) is 0 Å². The zero-order chi connectivity index (χ0) is 20.9. The van der Waals surface area contributed by atoms with Crippen LogP contribution in [0.4, 0.5) is 11.4 Å². The van der Waals surface area contributed by atoms with Crippen LogP contribution in [0.5, 0.6) is 0 Å². The van der Waals surface area contributed by atoms with E-state index in [-0.39, 0.29) is 18.0 Å². The van der Waals surface area contributed by atoms with E-state index >= 15 is 0 Å². The zero-order valence-corrected chi connectivity index (χ0v) is 16.9. The summed E-state index contributed by atoms with van der Waals surface area (Å²) in [5.74, 6) is -0.301. The van der Waals surface area contributed by atoms with Gasteiger partial charge in [-0.05, 0) is 37.3 Å². The van der Waals surface area contributed by atoms with E-state index < -0.39 is 0 Å². The molecule has 1 saturated heterocycles. The van der Waals surface area contributed by atoms with Crippen molar-refractivity contribution in [1.82, 2.24) is 9.78 Å². The smallest absolute Gasteiger partial charge is 0.267 e. The monoisotopic (exact) mass is 404 g/mol. The molecule has 1 aliphatic heterocycles. The van der Waals surface area contributed by atoms with Crippen molar-refractivity contribution in [3.8, 4) is 11.3 Å². The molecule has 1 aliphatic rings. The summed E-state index contributed by atoms with van der Waals surface area (Å²) in [5.41, 5.74) is 4.15. The largest absolute Gasteiger partial charge is 0.378 e. The van der Waals surface area contributed by atoms with Crippen molar-refractivity contribution < 1.29 is 9.53 Å². The average Bonchev–Trinajstić information content (AvgIpc) is 2.77. The molecule has 1 amide bonds. The summed E-state index contributed by atoms with van der Waals surface area (Å²) in [7, 11) is 0. The van der Waals surface area contributed by atoms with Crippen LogP contribution in [-0.2, 0) is 16.1 Å². The van der Waals surface area contributed by atoms with Crippen molar-refractivity contribution in [3.05, 3.63) is 76.6 Å². The van der Waals surface area contributed by atoms with Gasteiger partial charge in [0.1, 0.15) is 6.54 Å². The van der Waals surface area contributed by atoms with E-state index in [1.807, 2.05) is 55.5 Å². The number of morpholine rings is 1. The van der Waals surface area contributed by atoms with Crippen molar-refractivity contribution in [2.45, 2.75) is 13.5 Å². The van der Waals surface area contributed by atoms with Crippen LogP contribution < -0.4 is 15.8 Å². The number of aryl methyl sites for hydroxylation is 1. The first-order valence-corrected chi connectivity index (χ1v) is 9.96. The molecule has 2 heterocycles. The Balaban J connectivity index is 1.43. The van der Waals surface area contributed by atoms with Crippen LogP contribution in [0, 0.1) is 6.92 Å². The van der Waals surface area contributed by atoms with Gasteiger partial charge in [0.25, 0.3) is 5.56 Å². The number of nitrogens with zero attached hydrogens (tertiary/aromatic N) is 3. The third-order valence-electron chi connectivity index (χ3n) is 5.03. The Bertz CT molecular complexity index is 1070. The molecule has 0 aliphatic carbocycles. The number of hydrogen-bond donors (Lipinski definition) is 1. The summed E-state index contributed by atoms with van der Waals surface area (Å²) in [6, 6.07) is 18.7. The third-order valence-corrected chi connectivity index (χ3v) is 5.03. The van der Waals surface area contributed by atoms with E-state index in [2.05, 4.69) is 15.3 Å². The van der Waals surface area contributed by atoms with E-state index in [1.54, 1.807) is 6.07 Å². The molecule has 4 rings (SSSR count). The molecule has 154 valence electrons. The molecular formula is C23H24N4O3. The van der Waals surface area contributed by atoms with Crippen LogP contribution in [0.15, 0.2) is 65.5 Å². The minimum absolute atomic E-state index is 0.149. The van der Waals surface area contributed by atoms with Crippen LogP contribution >= 0.6 is 0 Å². The number of ether oxygens (including phenoxy) is 1. The lowest BCUT2D eigenvalue weighted by atomic mass is 10.1. The summed E-state index contributed by atoms with van der Waals surface area (Å²) in [6.07, 6.45) is 0. The molecule has 0 saturated carbocycles. The number of anilines is 2. The fraction of sp³-hybridized carbons (Fsp3) is 0.261. The molecule has 2 aromatic carbocycles. The Morgan fingerprint density at radius 3 is 2.40 bits per heavy atom. The second-order valence-corrected chi connectivity index (χ2v) is 7.27. The van der Waals surface area contributed by atoms with E-state index in [1.165, 1.54) is 10.7 Å². The van der Waals surface area contributed by atoms with Gasteiger partial charge < -0.3 is 15.0 Å². The molecule has 7 heteroatoms. The normalized spacial score (nSPS) is 13.8. The van der Waals surface area contributed by atoms with Gasteiger partial charge in [0.05, 0.1) is 18.9 Å². The average molecular weight is 404 g/mol. The number of carbonyl (C=O) groups is 1. The van der Waals surface area contributed by atoms with Crippen LogP contribution in [0.3, 0.4) is 0 Å². The molecule has 7 nitrogen and oxygen atoms in total. The maximum Gasteiger partial charge on any atom is 0.267 e. The summed E-state index contributed by atoms with van der Waals surface area (Å²) in [4.78, 5) is 26.9. The molecule has 3 aromatic rings. The van der Waals surface area contributed by atoms with Crippen molar-refractivity contribution in [1.29, 1.82) is 0 Å². The van der Waals surface area contributed by atoms with Crippen LogP contribution in [0.2, 0.25) is 0 Å². The van der Waals surface area contributed by atoms with Gasteiger partial charge in [-0.3, -0.25) is 9.59 Å². The number of rotatable bonds is 5. The highest BCUT2D eigenvalue weighted by atomic mass is 16.5. The fourth-order valence-electron chi connectivity index (χ4n) is 3.35. The van der Waals surface area contributed by atoms with E-state index in [4.69, 9.17) is 4.74 Å². The number of amides is 1. The van der Waals surface area contributed by atoms with Gasteiger partial charge in [0.2, 0.25) is 5.91 Å². The lowest BCUT2D eigenvalue weighted by Crippen LogP contribution is -2.36. The van der Waals surface area contributed by atoms with Crippen LogP contribution in [0.25, 0.3) is 11.3 Å². The summed E-state index contributed by atoms with van der Waals surface area (Å²) < 4.78 is 6.56. The Hall–Kier alpha value is -3.45. The molecule has 1 aromatic heterocycles. The second kappa shape index (κ2) is 8.92. The first-order chi connectivity index (χ1) is 14.6. The molecule has 0 atom stereocenters. The predicted octanol–water partition coefficient (Wildman–Crippen LogP) is 2.69. The van der Waals surface area contributed by atoms with Gasteiger partial charge >= 0.3 is 0 Å².